The van der Waals surface area contributed by atoms with E-state index in [9.17, 15) is 8.42 Å². The van der Waals surface area contributed by atoms with Gasteiger partial charge in [-0.1, -0.05) is 20.8 Å². The van der Waals surface area contributed by atoms with E-state index < -0.39 is 9.84 Å². The van der Waals surface area contributed by atoms with E-state index in [0.29, 0.717) is 22.8 Å². The second kappa shape index (κ2) is 4.83. The third kappa shape index (κ3) is 5.52. The fourth-order valence-electron chi connectivity index (χ4n) is 1.79. The third-order valence-electron chi connectivity index (χ3n) is 2.76. The van der Waals surface area contributed by atoms with Gasteiger partial charge in [-0.2, -0.15) is 0 Å². The van der Waals surface area contributed by atoms with Crippen LogP contribution in [0.25, 0.3) is 0 Å². The van der Waals surface area contributed by atoms with Crippen molar-refractivity contribution < 1.29 is 8.42 Å². The van der Waals surface area contributed by atoms with Crippen LogP contribution in [0, 0.1) is 11.3 Å². The molecule has 1 aliphatic heterocycles. The average Bonchev–Trinajstić information content (AvgIpc) is 2.06. The van der Waals surface area contributed by atoms with Gasteiger partial charge in [0.2, 0.25) is 0 Å². The van der Waals surface area contributed by atoms with Gasteiger partial charge >= 0.3 is 0 Å². The van der Waals surface area contributed by atoms with Crippen molar-refractivity contribution in [2.75, 3.05) is 24.6 Å². The van der Waals surface area contributed by atoms with E-state index in [-0.39, 0.29) is 0 Å². The normalized spacial score (nSPS) is 22.9. The van der Waals surface area contributed by atoms with Gasteiger partial charge in [0.25, 0.3) is 0 Å². The van der Waals surface area contributed by atoms with Gasteiger partial charge in [-0.15, -0.1) is 0 Å². The van der Waals surface area contributed by atoms with Gasteiger partial charge in [0.15, 0.2) is 0 Å². The highest BCUT2D eigenvalue weighted by Gasteiger charge is 2.23. The van der Waals surface area contributed by atoms with Crippen molar-refractivity contribution in [2.24, 2.45) is 11.3 Å². The van der Waals surface area contributed by atoms with Gasteiger partial charge in [0, 0.05) is 0 Å². The van der Waals surface area contributed by atoms with Gasteiger partial charge in [-0.05, 0) is 37.3 Å². The van der Waals surface area contributed by atoms with Crippen LogP contribution in [0.1, 0.15) is 33.6 Å². The van der Waals surface area contributed by atoms with Gasteiger partial charge < -0.3 is 5.32 Å². The summed E-state index contributed by atoms with van der Waals surface area (Å²) in [4.78, 5) is 0. The first kappa shape index (κ1) is 13.0. The highest BCUT2D eigenvalue weighted by molar-refractivity contribution is 7.91. The molecule has 0 aromatic carbocycles. The molecule has 0 atom stereocenters. The molecule has 4 heteroatoms. The standard InChI is InChI=1S/C11H23NO2S/c1-11(2,3)9-12-8-10-4-6-15(13,14)7-5-10/h10,12H,4-9H2,1-3H3. The van der Waals surface area contributed by atoms with Crippen molar-refractivity contribution in [2.45, 2.75) is 33.6 Å². The van der Waals surface area contributed by atoms with Gasteiger partial charge in [-0.25, -0.2) is 8.42 Å². The Kier molecular flexibility index (Phi) is 4.18. The Bertz CT molecular complexity index is 276. The first-order chi connectivity index (χ1) is 6.79. The minimum atomic E-state index is -2.70. The van der Waals surface area contributed by atoms with Crippen LogP contribution in [0.4, 0.5) is 0 Å². The maximum absolute atomic E-state index is 11.2. The Morgan fingerprint density at radius 1 is 1.20 bits per heavy atom. The molecule has 1 N–H and O–H groups in total. The Balaban J connectivity index is 2.20. The molecule has 90 valence electrons. The van der Waals surface area contributed by atoms with Crippen LogP contribution in [-0.2, 0) is 9.84 Å². The van der Waals surface area contributed by atoms with Gasteiger partial charge in [0.1, 0.15) is 9.84 Å². The highest BCUT2D eigenvalue weighted by Crippen LogP contribution is 2.18. The molecule has 1 fully saturated rings. The molecule has 1 rings (SSSR count). The van der Waals surface area contributed by atoms with E-state index >= 15 is 0 Å². The van der Waals surface area contributed by atoms with Crippen molar-refractivity contribution in [3.8, 4) is 0 Å². The molecule has 3 nitrogen and oxygen atoms in total. The van der Waals surface area contributed by atoms with Crippen LogP contribution in [0.5, 0.6) is 0 Å². The number of nitrogens with one attached hydrogen (secondary N) is 1. The van der Waals surface area contributed by atoms with Crippen LogP contribution >= 0.6 is 0 Å². The summed E-state index contributed by atoms with van der Waals surface area (Å²) in [6.45, 7) is 8.56. The molecule has 0 unspecified atom stereocenters. The summed E-state index contributed by atoms with van der Waals surface area (Å²) in [7, 11) is -2.70. The zero-order chi connectivity index (χ0) is 11.5. The highest BCUT2D eigenvalue weighted by atomic mass is 32.2. The number of sulfone groups is 1. The van der Waals surface area contributed by atoms with Crippen molar-refractivity contribution in [3.05, 3.63) is 0 Å². The molecule has 0 spiro atoms. The summed E-state index contributed by atoms with van der Waals surface area (Å²) < 4.78 is 22.4. The SMILES string of the molecule is CC(C)(C)CNCC1CCS(=O)(=O)CC1. The molecular weight excluding hydrogens is 210 g/mol. The maximum Gasteiger partial charge on any atom is 0.150 e. The Hall–Kier alpha value is -0.0900. The van der Waals surface area contributed by atoms with Crippen LogP contribution in [0.15, 0.2) is 0 Å². The fourth-order valence-corrected chi connectivity index (χ4v) is 3.38. The van der Waals surface area contributed by atoms with Crippen molar-refractivity contribution >= 4 is 9.84 Å². The lowest BCUT2D eigenvalue weighted by Gasteiger charge is -2.25. The number of hydrogen-bond acceptors (Lipinski definition) is 3. The fraction of sp³-hybridized carbons (Fsp3) is 1.00. The van der Waals surface area contributed by atoms with E-state index in [1.165, 1.54) is 0 Å². The molecule has 1 saturated heterocycles. The van der Waals surface area contributed by atoms with Crippen LogP contribution < -0.4 is 5.32 Å². The van der Waals surface area contributed by atoms with Crippen molar-refractivity contribution in [3.63, 3.8) is 0 Å². The zero-order valence-corrected chi connectivity index (χ0v) is 10.9. The van der Waals surface area contributed by atoms with E-state index in [4.69, 9.17) is 0 Å². The van der Waals surface area contributed by atoms with E-state index in [0.717, 1.165) is 25.9 Å². The molecule has 0 saturated carbocycles. The molecule has 0 bridgehead atoms. The van der Waals surface area contributed by atoms with E-state index in [2.05, 4.69) is 26.1 Å². The predicted octanol–water partition coefficient (Wildman–Crippen LogP) is 1.45. The van der Waals surface area contributed by atoms with Crippen molar-refractivity contribution in [1.29, 1.82) is 0 Å². The summed E-state index contributed by atoms with van der Waals surface area (Å²) in [6, 6.07) is 0. The molecule has 0 amide bonds. The summed E-state index contributed by atoms with van der Waals surface area (Å²) in [5, 5.41) is 3.43. The lowest BCUT2D eigenvalue weighted by Crippen LogP contribution is -2.34. The summed E-state index contributed by atoms with van der Waals surface area (Å²) in [5.74, 6) is 1.32. The Morgan fingerprint density at radius 2 is 1.73 bits per heavy atom. The van der Waals surface area contributed by atoms with E-state index in [1.807, 2.05) is 0 Å². The maximum atomic E-state index is 11.2. The van der Waals surface area contributed by atoms with Crippen LogP contribution in [-0.4, -0.2) is 33.0 Å². The van der Waals surface area contributed by atoms with Crippen LogP contribution in [0.3, 0.4) is 0 Å². The van der Waals surface area contributed by atoms with Crippen LogP contribution in [0.2, 0.25) is 0 Å². The Labute approximate surface area is 93.6 Å². The third-order valence-corrected chi connectivity index (χ3v) is 4.48. The van der Waals surface area contributed by atoms with E-state index in [1.54, 1.807) is 0 Å². The minimum absolute atomic E-state index is 0.306. The summed E-state index contributed by atoms with van der Waals surface area (Å²) in [5.41, 5.74) is 0.306. The molecule has 0 aliphatic carbocycles. The lowest BCUT2D eigenvalue weighted by atomic mass is 9.96. The largest absolute Gasteiger partial charge is 0.316 e. The quantitative estimate of drug-likeness (QED) is 0.802. The average molecular weight is 233 g/mol. The predicted molar refractivity (Wildman–Crippen MR) is 63.7 cm³/mol. The molecule has 15 heavy (non-hydrogen) atoms. The van der Waals surface area contributed by atoms with Gasteiger partial charge in [-0.3, -0.25) is 0 Å². The first-order valence-electron chi connectivity index (χ1n) is 5.70. The second-order valence-electron chi connectivity index (χ2n) is 5.79. The Morgan fingerprint density at radius 3 is 2.20 bits per heavy atom. The summed E-state index contributed by atoms with van der Waals surface area (Å²) in [6.07, 6.45) is 1.67. The monoisotopic (exact) mass is 233 g/mol. The molecule has 0 radical (unpaired) electrons. The molecular formula is C11H23NO2S. The minimum Gasteiger partial charge on any atom is -0.316 e. The lowest BCUT2D eigenvalue weighted by molar-refractivity contribution is 0.348. The summed E-state index contributed by atoms with van der Waals surface area (Å²) >= 11 is 0. The molecule has 0 aromatic rings. The topological polar surface area (TPSA) is 46.2 Å². The second-order valence-corrected chi connectivity index (χ2v) is 8.09. The van der Waals surface area contributed by atoms with Gasteiger partial charge in [0.05, 0.1) is 11.5 Å². The molecule has 1 aliphatic rings. The number of hydrogen-bond donors (Lipinski definition) is 1. The smallest absolute Gasteiger partial charge is 0.150 e. The number of rotatable bonds is 3. The zero-order valence-electron chi connectivity index (χ0n) is 10.0. The first-order valence-corrected chi connectivity index (χ1v) is 7.52. The van der Waals surface area contributed by atoms with Crippen molar-refractivity contribution in [1.82, 2.24) is 5.32 Å². The molecule has 1 heterocycles. The molecule has 0 aromatic heterocycles.